The molecular weight excluding hydrogens is 184 g/mol. The van der Waals surface area contributed by atoms with Crippen molar-refractivity contribution in [3.8, 4) is 0 Å². The second kappa shape index (κ2) is 5.50. The summed E-state index contributed by atoms with van der Waals surface area (Å²) in [7, 11) is 0. The van der Waals surface area contributed by atoms with Gasteiger partial charge >= 0.3 is 0 Å². The summed E-state index contributed by atoms with van der Waals surface area (Å²) in [6.07, 6.45) is 3.74. The van der Waals surface area contributed by atoms with E-state index in [9.17, 15) is 4.79 Å². The SMILES string of the molecule is C=CCCC(=O)Cc1cc(C)ccc1C. The first-order chi connectivity index (χ1) is 7.13. The molecule has 80 valence electrons. The van der Waals surface area contributed by atoms with Gasteiger partial charge in [-0.15, -0.1) is 6.58 Å². The molecule has 0 aliphatic rings. The van der Waals surface area contributed by atoms with Gasteiger partial charge in [0.25, 0.3) is 0 Å². The number of Topliss-reactive ketones (excluding diaryl/α,β-unsaturated/α-hetero) is 1. The molecule has 0 N–H and O–H groups in total. The maximum Gasteiger partial charge on any atom is 0.137 e. The normalized spacial score (nSPS) is 10.0. The third-order valence-electron chi connectivity index (χ3n) is 2.52. The van der Waals surface area contributed by atoms with Crippen LogP contribution >= 0.6 is 0 Å². The zero-order valence-electron chi connectivity index (χ0n) is 9.55. The highest BCUT2D eigenvalue weighted by Crippen LogP contribution is 2.12. The van der Waals surface area contributed by atoms with Crippen LogP contribution in [0.1, 0.15) is 29.5 Å². The van der Waals surface area contributed by atoms with Gasteiger partial charge < -0.3 is 0 Å². The Kier molecular flexibility index (Phi) is 4.29. The highest BCUT2D eigenvalue weighted by Gasteiger charge is 2.05. The number of hydrogen-bond donors (Lipinski definition) is 0. The van der Waals surface area contributed by atoms with Gasteiger partial charge in [-0.2, -0.15) is 0 Å². The largest absolute Gasteiger partial charge is 0.299 e. The number of allylic oxidation sites excluding steroid dienone is 1. The molecule has 0 radical (unpaired) electrons. The Bertz CT molecular complexity index is 364. The summed E-state index contributed by atoms with van der Waals surface area (Å²) in [6.45, 7) is 7.72. The predicted octanol–water partition coefficient (Wildman–Crippen LogP) is 3.38. The lowest BCUT2D eigenvalue weighted by atomic mass is 9.99. The quantitative estimate of drug-likeness (QED) is 0.669. The van der Waals surface area contributed by atoms with Crippen LogP contribution in [0.2, 0.25) is 0 Å². The minimum Gasteiger partial charge on any atom is -0.299 e. The number of carbonyl (C=O) groups is 1. The molecule has 1 nitrogen and oxygen atoms in total. The molecule has 1 aromatic carbocycles. The zero-order valence-corrected chi connectivity index (χ0v) is 9.55. The number of benzene rings is 1. The van der Waals surface area contributed by atoms with Crippen molar-refractivity contribution in [1.82, 2.24) is 0 Å². The number of rotatable bonds is 5. The lowest BCUT2D eigenvalue weighted by molar-refractivity contribution is -0.118. The molecule has 0 aliphatic heterocycles. The Labute approximate surface area is 91.8 Å². The standard InChI is InChI=1S/C14H18O/c1-4-5-6-14(15)10-13-9-11(2)7-8-12(13)3/h4,7-9H,1,5-6,10H2,2-3H3. The molecule has 0 atom stereocenters. The van der Waals surface area contributed by atoms with Crippen molar-refractivity contribution in [1.29, 1.82) is 0 Å². The summed E-state index contributed by atoms with van der Waals surface area (Å²) >= 11 is 0. The van der Waals surface area contributed by atoms with E-state index in [4.69, 9.17) is 0 Å². The topological polar surface area (TPSA) is 17.1 Å². The lowest BCUT2D eigenvalue weighted by Gasteiger charge is -2.05. The van der Waals surface area contributed by atoms with Gasteiger partial charge in [-0.25, -0.2) is 0 Å². The molecule has 0 aromatic heterocycles. The molecule has 1 heteroatoms. The number of carbonyl (C=O) groups excluding carboxylic acids is 1. The van der Waals surface area contributed by atoms with E-state index < -0.39 is 0 Å². The fourth-order valence-electron chi connectivity index (χ4n) is 1.55. The van der Waals surface area contributed by atoms with Gasteiger partial charge in [0.15, 0.2) is 0 Å². The monoisotopic (exact) mass is 202 g/mol. The van der Waals surface area contributed by atoms with Gasteiger partial charge in [0.2, 0.25) is 0 Å². The van der Waals surface area contributed by atoms with Crippen molar-refractivity contribution in [3.05, 3.63) is 47.5 Å². The lowest BCUT2D eigenvalue weighted by Crippen LogP contribution is -2.03. The van der Waals surface area contributed by atoms with Crippen LogP contribution in [-0.4, -0.2) is 5.78 Å². The molecule has 0 amide bonds. The van der Waals surface area contributed by atoms with Crippen LogP contribution < -0.4 is 0 Å². The van der Waals surface area contributed by atoms with E-state index in [0.717, 1.165) is 12.0 Å². The summed E-state index contributed by atoms with van der Waals surface area (Å²) in [5.41, 5.74) is 3.57. The molecule has 15 heavy (non-hydrogen) atoms. The van der Waals surface area contributed by atoms with E-state index in [1.54, 1.807) is 6.08 Å². The van der Waals surface area contributed by atoms with Gasteiger partial charge in [-0.05, 0) is 31.4 Å². The molecule has 0 heterocycles. The number of hydrogen-bond acceptors (Lipinski definition) is 1. The van der Waals surface area contributed by atoms with Crippen LogP contribution in [-0.2, 0) is 11.2 Å². The van der Waals surface area contributed by atoms with Crippen molar-refractivity contribution in [2.75, 3.05) is 0 Å². The zero-order chi connectivity index (χ0) is 11.3. The van der Waals surface area contributed by atoms with Crippen molar-refractivity contribution in [3.63, 3.8) is 0 Å². The van der Waals surface area contributed by atoms with E-state index in [-0.39, 0.29) is 0 Å². The molecular formula is C14H18O. The average Bonchev–Trinajstić information content (AvgIpc) is 2.20. The Morgan fingerprint density at radius 2 is 2.13 bits per heavy atom. The van der Waals surface area contributed by atoms with E-state index in [1.165, 1.54) is 11.1 Å². The van der Waals surface area contributed by atoms with Gasteiger partial charge in [0, 0.05) is 12.8 Å². The smallest absolute Gasteiger partial charge is 0.137 e. The summed E-state index contributed by atoms with van der Waals surface area (Å²) in [6, 6.07) is 6.25. The first-order valence-corrected chi connectivity index (χ1v) is 5.32. The molecule has 0 bridgehead atoms. The van der Waals surface area contributed by atoms with Crippen molar-refractivity contribution >= 4 is 5.78 Å². The van der Waals surface area contributed by atoms with Crippen molar-refractivity contribution < 1.29 is 4.79 Å². The number of ketones is 1. The summed E-state index contributed by atoms with van der Waals surface area (Å²) in [5, 5.41) is 0. The average molecular weight is 202 g/mol. The molecule has 0 fully saturated rings. The van der Waals surface area contributed by atoms with Crippen LogP contribution in [0.3, 0.4) is 0 Å². The van der Waals surface area contributed by atoms with E-state index >= 15 is 0 Å². The number of aryl methyl sites for hydroxylation is 2. The maximum absolute atomic E-state index is 11.6. The van der Waals surface area contributed by atoms with Gasteiger partial charge in [-0.3, -0.25) is 4.79 Å². The van der Waals surface area contributed by atoms with Gasteiger partial charge in [0.05, 0.1) is 0 Å². The van der Waals surface area contributed by atoms with Gasteiger partial charge in [0.1, 0.15) is 5.78 Å². The Hall–Kier alpha value is -1.37. The highest BCUT2D eigenvalue weighted by molar-refractivity contribution is 5.81. The third-order valence-corrected chi connectivity index (χ3v) is 2.52. The second-order valence-electron chi connectivity index (χ2n) is 3.97. The Balaban J connectivity index is 2.67. The van der Waals surface area contributed by atoms with Crippen LogP contribution in [0.15, 0.2) is 30.9 Å². The molecule has 0 spiro atoms. The molecule has 0 saturated carbocycles. The molecule has 0 saturated heterocycles. The van der Waals surface area contributed by atoms with Crippen LogP contribution in [0.4, 0.5) is 0 Å². The maximum atomic E-state index is 11.6. The summed E-state index contributed by atoms with van der Waals surface area (Å²) in [5.74, 6) is 0.295. The van der Waals surface area contributed by atoms with E-state index in [1.807, 2.05) is 0 Å². The Morgan fingerprint density at radius 3 is 2.80 bits per heavy atom. The predicted molar refractivity (Wildman–Crippen MR) is 64.1 cm³/mol. The molecule has 0 unspecified atom stereocenters. The van der Waals surface area contributed by atoms with Crippen molar-refractivity contribution in [2.24, 2.45) is 0 Å². The fraction of sp³-hybridized carbons (Fsp3) is 0.357. The minimum absolute atomic E-state index is 0.295. The molecule has 1 rings (SSSR count). The van der Waals surface area contributed by atoms with Crippen LogP contribution in [0.25, 0.3) is 0 Å². The van der Waals surface area contributed by atoms with Crippen LogP contribution in [0.5, 0.6) is 0 Å². The Morgan fingerprint density at radius 1 is 1.40 bits per heavy atom. The first-order valence-electron chi connectivity index (χ1n) is 5.32. The fourth-order valence-corrected chi connectivity index (χ4v) is 1.55. The molecule has 0 aliphatic carbocycles. The van der Waals surface area contributed by atoms with E-state index in [0.29, 0.717) is 18.6 Å². The summed E-state index contributed by atoms with van der Waals surface area (Å²) < 4.78 is 0. The second-order valence-corrected chi connectivity index (χ2v) is 3.97. The third kappa shape index (κ3) is 3.70. The van der Waals surface area contributed by atoms with Gasteiger partial charge in [-0.1, -0.05) is 29.8 Å². The molecule has 1 aromatic rings. The minimum atomic E-state index is 0.295. The first kappa shape index (κ1) is 11.7. The van der Waals surface area contributed by atoms with E-state index in [2.05, 4.69) is 38.6 Å². The highest BCUT2D eigenvalue weighted by atomic mass is 16.1. The summed E-state index contributed by atoms with van der Waals surface area (Å²) in [4.78, 5) is 11.6. The van der Waals surface area contributed by atoms with Crippen LogP contribution in [0, 0.1) is 13.8 Å². The van der Waals surface area contributed by atoms with Crippen molar-refractivity contribution in [2.45, 2.75) is 33.1 Å².